The number of nitrogens with zero attached hydrogens (tertiary/aromatic N) is 1. The Balaban J connectivity index is 1.91. The standard InChI is InChI=1S/C18H23NO/c1-12-5-7-13(8-6-12)16(20)19-15-11-14-9-10-18(15,4)17(14,2)3/h5-8,14H,9-11H2,1-4H3/t14-,18-/m0/s1. The van der Waals surface area contributed by atoms with Crippen molar-refractivity contribution < 1.29 is 4.79 Å². The molecule has 0 heterocycles. The molecule has 1 aromatic carbocycles. The number of carbonyl (C=O) groups is 1. The average molecular weight is 269 g/mol. The van der Waals surface area contributed by atoms with Gasteiger partial charge in [0, 0.05) is 16.7 Å². The van der Waals surface area contributed by atoms with Crippen molar-refractivity contribution in [1.29, 1.82) is 0 Å². The van der Waals surface area contributed by atoms with E-state index >= 15 is 0 Å². The topological polar surface area (TPSA) is 29.4 Å². The second-order valence-corrected chi connectivity index (χ2v) is 7.22. The normalized spacial score (nSPS) is 32.8. The molecule has 106 valence electrons. The first kappa shape index (κ1) is 13.5. The Morgan fingerprint density at radius 1 is 1.20 bits per heavy atom. The molecular weight excluding hydrogens is 246 g/mol. The predicted octanol–water partition coefficient (Wildman–Crippen LogP) is 4.42. The van der Waals surface area contributed by atoms with Gasteiger partial charge in [-0.25, -0.2) is 4.99 Å². The molecular formula is C18H23NO. The summed E-state index contributed by atoms with van der Waals surface area (Å²) >= 11 is 0. The highest BCUT2D eigenvalue weighted by molar-refractivity contribution is 6.07. The van der Waals surface area contributed by atoms with Crippen LogP contribution in [-0.4, -0.2) is 11.6 Å². The molecule has 2 atom stereocenters. The molecule has 2 fully saturated rings. The first-order valence-corrected chi connectivity index (χ1v) is 7.53. The van der Waals surface area contributed by atoms with Crippen molar-refractivity contribution in [2.75, 3.05) is 0 Å². The summed E-state index contributed by atoms with van der Waals surface area (Å²) in [4.78, 5) is 16.9. The van der Waals surface area contributed by atoms with Gasteiger partial charge in [0.15, 0.2) is 0 Å². The smallest absolute Gasteiger partial charge is 0.267 e. The van der Waals surface area contributed by atoms with Gasteiger partial charge in [-0.05, 0) is 49.7 Å². The first-order chi connectivity index (χ1) is 9.34. The number of aliphatic imine (C=N–C) groups is 1. The van der Waals surface area contributed by atoms with E-state index in [4.69, 9.17) is 0 Å². The van der Waals surface area contributed by atoms with Crippen molar-refractivity contribution in [3.8, 4) is 0 Å². The van der Waals surface area contributed by atoms with Gasteiger partial charge in [0.2, 0.25) is 0 Å². The van der Waals surface area contributed by atoms with E-state index in [0.29, 0.717) is 11.5 Å². The Kier molecular flexibility index (Phi) is 2.89. The minimum atomic E-state index is -0.0791. The molecule has 2 bridgehead atoms. The summed E-state index contributed by atoms with van der Waals surface area (Å²) in [5.41, 5.74) is 3.39. The molecule has 2 saturated carbocycles. The highest BCUT2D eigenvalue weighted by Gasteiger charge is 2.59. The van der Waals surface area contributed by atoms with E-state index in [9.17, 15) is 4.79 Å². The Labute approximate surface area is 121 Å². The van der Waals surface area contributed by atoms with E-state index in [-0.39, 0.29) is 16.7 Å². The van der Waals surface area contributed by atoms with Gasteiger partial charge in [0.05, 0.1) is 0 Å². The number of amides is 1. The summed E-state index contributed by atoms with van der Waals surface area (Å²) in [5.74, 6) is 0.613. The van der Waals surface area contributed by atoms with Crippen molar-refractivity contribution >= 4 is 11.6 Å². The summed E-state index contributed by atoms with van der Waals surface area (Å²) in [6.45, 7) is 8.99. The largest absolute Gasteiger partial charge is 0.276 e. The van der Waals surface area contributed by atoms with Crippen LogP contribution in [-0.2, 0) is 0 Å². The molecule has 0 spiro atoms. The molecule has 2 aliphatic carbocycles. The zero-order valence-corrected chi connectivity index (χ0v) is 12.9. The van der Waals surface area contributed by atoms with Crippen LogP contribution in [0.5, 0.6) is 0 Å². The quantitative estimate of drug-likeness (QED) is 0.742. The number of hydrogen-bond acceptors (Lipinski definition) is 1. The fourth-order valence-electron chi connectivity index (χ4n) is 3.98. The summed E-state index contributed by atoms with van der Waals surface area (Å²) in [6, 6.07) is 7.70. The van der Waals surface area contributed by atoms with Crippen molar-refractivity contribution in [3.05, 3.63) is 35.4 Å². The second-order valence-electron chi connectivity index (χ2n) is 7.22. The summed E-state index contributed by atoms with van der Waals surface area (Å²) in [6.07, 6.45) is 3.45. The molecule has 0 radical (unpaired) electrons. The van der Waals surface area contributed by atoms with E-state index < -0.39 is 0 Å². The Bertz CT molecular complexity index is 582. The number of hydrogen-bond donors (Lipinski definition) is 0. The molecule has 20 heavy (non-hydrogen) atoms. The van der Waals surface area contributed by atoms with Crippen LogP contribution in [0.3, 0.4) is 0 Å². The van der Waals surface area contributed by atoms with Crippen molar-refractivity contribution in [3.63, 3.8) is 0 Å². The van der Waals surface area contributed by atoms with Crippen LogP contribution in [0.25, 0.3) is 0 Å². The summed E-state index contributed by atoms with van der Waals surface area (Å²) in [5, 5.41) is 0. The van der Waals surface area contributed by atoms with Gasteiger partial charge in [-0.3, -0.25) is 4.79 Å². The molecule has 0 aliphatic heterocycles. The minimum Gasteiger partial charge on any atom is -0.267 e. The fourth-order valence-corrected chi connectivity index (χ4v) is 3.98. The molecule has 2 nitrogen and oxygen atoms in total. The first-order valence-electron chi connectivity index (χ1n) is 7.53. The predicted molar refractivity (Wildman–Crippen MR) is 82.2 cm³/mol. The number of rotatable bonds is 1. The van der Waals surface area contributed by atoms with Crippen LogP contribution in [0, 0.1) is 23.7 Å². The van der Waals surface area contributed by atoms with E-state index in [0.717, 1.165) is 12.1 Å². The maximum atomic E-state index is 12.4. The van der Waals surface area contributed by atoms with Crippen LogP contribution >= 0.6 is 0 Å². The zero-order valence-electron chi connectivity index (χ0n) is 12.9. The SMILES string of the molecule is Cc1ccc(C(=O)N=C2C[C@@H]3CC[C@]2(C)C3(C)C)cc1. The van der Waals surface area contributed by atoms with Gasteiger partial charge < -0.3 is 0 Å². The molecule has 0 unspecified atom stereocenters. The Morgan fingerprint density at radius 2 is 1.85 bits per heavy atom. The monoisotopic (exact) mass is 269 g/mol. The minimum absolute atomic E-state index is 0.0791. The molecule has 1 amide bonds. The third kappa shape index (κ3) is 1.77. The lowest BCUT2D eigenvalue weighted by Crippen LogP contribution is -2.33. The molecule has 0 aromatic heterocycles. The molecule has 2 heteroatoms. The third-order valence-corrected chi connectivity index (χ3v) is 6.05. The summed E-state index contributed by atoms with van der Waals surface area (Å²) < 4.78 is 0. The zero-order chi connectivity index (χ0) is 14.5. The van der Waals surface area contributed by atoms with Gasteiger partial charge in [-0.15, -0.1) is 0 Å². The van der Waals surface area contributed by atoms with Crippen molar-refractivity contribution in [1.82, 2.24) is 0 Å². The lowest BCUT2D eigenvalue weighted by molar-refractivity contribution is 0.100. The highest BCUT2D eigenvalue weighted by Crippen LogP contribution is 2.64. The highest BCUT2D eigenvalue weighted by atomic mass is 16.1. The summed E-state index contributed by atoms with van der Waals surface area (Å²) in [7, 11) is 0. The van der Waals surface area contributed by atoms with Crippen molar-refractivity contribution in [2.45, 2.75) is 47.0 Å². The molecule has 2 aliphatic rings. The lowest BCUT2D eigenvalue weighted by atomic mass is 9.70. The Hall–Kier alpha value is -1.44. The average Bonchev–Trinajstić information content (AvgIpc) is 2.72. The molecule has 3 rings (SSSR count). The number of benzene rings is 1. The van der Waals surface area contributed by atoms with E-state index in [1.807, 2.05) is 31.2 Å². The Morgan fingerprint density at radius 3 is 2.35 bits per heavy atom. The lowest BCUT2D eigenvalue weighted by Gasteiger charge is -2.34. The number of fused-ring (bicyclic) bond motifs is 2. The van der Waals surface area contributed by atoms with E-state index in [2.05, 4.69) is 25.8 Å². The third-order valence-electron chi connectivity index (χ3n) is 6.05. The maximum absolute atomic E-state index is 12.4. The van der Waals surface area contributed by atoms with Crippen LogP contribution in [0.1, 0.15) is 56.0 Å². The fraction of sp³-hybridized carbons (Fsp3) is 0.556. The second kappa shape index (κ2) is 4.28. The number of aryl methyl sites for hydroxylation is 1. The van der Waals surface area contributed by atoms with Gasteiger partial charge in [0.1, 0.15) is 0 Å². The maximum Gasteiger partial charge on any atom is 0.276 e. The van der Waals surface area contributed by atoms with Gasteiger partial charge in [-0.1, -0.05) is 38.5 Å². The van der Waals surface area contributed by atoms with Crippen molar-refractivity contribution in [2.24, 2.45) is 21.7 Å². The van der Waals surface area contributed by atoms with Gasteiger partial charge in [0.25, 0.3) is 5.91 Å². The van der Waals surface area contributed by atoms with Gasteiger partial charge in [-0.2, -0.15) is 0 Å². The molecule has 0 saturated heterocycles. The van der Waals surface area contributed by atoms with E-state index in [1.54, 1.807) is 0 Å². The van der Waals surface area contributed by atoms with Gasteiger partial charge >= 0.3 is 0 Å². The van der Waals surface area contributed by atoms with Crippen LogP contribution in [0.4, 0.5) is 0 Å². The van der Waals surface area contributed by atoms with Crippen LogP contribution in [0.2, 0.25) is 0 Å². The molecule has 0 N–H and O–H groups in total. The van der Waals surface area contributed by atoms with Crippen LogP contribution in [0.15, 0.2) is 29.3 Å². The molecule has 1 aromatic rings. The van der Waals surface area contributed by atoms with Crippen LogP contribution < -0.4 is 0 Å². The van der Waals surface area contributed by atoms with E-state index in [1.165, 1.54) is 18.4 Å². The number of carbonyl (C=O) groups excluding carboxylic acids is 1.